The molecule has 3 N–H and O–H groups in total. The minimum atomic E-state index is -0.325. The number of nitrogens with zero attached hydrogens (tertiary/aromatic N) is 2. The zero-order valence-electron chi connectivity index (χ0n) is 21.5. The molecule has 2 aromatic carbocycles. The number of anilines is 2. The van der Waals surface area contributed by atoms with Crippen molar-refractivity contribution in [1.82, 2.24) is 9.47 Å². The summed E-state index contributed by atoms with van der Waals surface area (Å²) in [5.41, 5.74) is 2.06. The first-order valence-electron chi connectivity index (χ1n) is 13.4. The lowest BCUT2D eigenvalue weighted by Crippen LogP contribution is -2.65. The molecular weight excluding hydrogens is 505 g/mol. The number of benzene rings is 2. The number of ether oxygens (including phenoxy) is 1. The van der Waals surface area contributed by atoms with E-state index in [1.807, 2.05) is 12.1 Å². The zero-order chi connectivity index (χ0) is 26.4. The van der Waals surface area contributed by atoms with Gasteiger partial charge in [0.25, 0.3) is 5.56 Å². The summed E-state index contributed by atoms with van der Waals surface area (Å²) in [5, 5.41) is 16.0. The van der Waals surface area contributed by atoms with Crippen LogP contribution in [0, 0.1) is 16.6 Å². The fraction of sp³-hybridized carbons (Fsp3) is 0.448. The largest absolute Gasteiger partial charge is 0.490 e. The predicted octanol–water partition coefficient (Wildman–Crippen LogP) is 5.25. The molecule has 2 saturated carbocycles. The monoisotopic (exact) mass is 537 g/mol. The summed E-state index contributed by atoms with van der Waals surface area (Å²) in [6, 6.07) is 9.14. The van der Waals surface area contributed by atoms with Crippen LogP contribution in [0.5, 0.6) is 5.75 Å². The van der Waals surface area contributed by atoms with Crippen LogP contribution >= 0.6 is 11.6 Å². The molecule has 1 aliphatic heterocycles. The van der Waals surface area contributed by atoms with Gasteiger partial charge in [-0.15, -0.1) is 0 Å². The van der Waals surface area contributed by atoms with Gasteiger partial charge in [0.1, 0.15) is 11.6 Å². The third-order valence-corrected chi connectivity index (χ3v) is 8.70. The van der Waals surface area contributed by atoms with Crippen LogP contribution in [0.15, 0.2) is 41.3 Å². The maximum absolute atomic E-state index is 14.6. The van der Waals surface area contributed by atoms with Gasteiger partial charge < -0.3 is 30.2 Å². The average molecular weight is 538 g/mol. The minimum absolute atomic E-state index is 0.123. The Morgan fingerprint density at radius 3 is 2.71 bits per heavy atom. The molecule has 1 aromatic heterocycles. The molecule has 0 atom stereocenters. The third-order valence-electron chi connectivity index (χ3n) is 8.39. The van der Waals surface area contributed by atoms with Crippen molar-refractivity contribution in [1.29, 1.82) is 5.41 Å². The van der Waals surface area contributed by atoms with Crippen LogP contribution in [-0.4, -0.2) is 54.0 Å². The van der Waals surface area contributed by atoms with E-state index in [0.29, 0.717) is 45.4 Å². The van der Waals surface area contributed by atoms with E-state index in [4.69, 9.17) is 21.7 Å². The molecule has 3 aliphatic rings. The van der Waals surface area contributed by atoms with E-state index in [1.165, 1.54) is 23.3 Å². The van der Waals surface area contributed by atoms with E-state index in [9.17, 15) is 9.18 Å². The summed E-state index contributed by atoms with van der Waals surface area (Å²) in [5.74, 6) is 0.388. The number of rotatable bonds is 9. The molecule has 2 heterocycles. The van der Waals surface area contributed by atoms with Gasteiger partial charge in [0.05, 0.1) is 22.2 Å². The highest BCUT2D eigenvalue weighted by molar-refractivity contribution is 6.35. The Kier molecular flexibility index (Phi) is 6.56. The van der Waals surface area contributed by atoms with Crippen molar-refractivity contribution in [2.45, 2.75) is 44.2 Å². The Labute approximate surface area is 226 Å². The van der Waals surface area contributed by atoms with Crippen molar-refractivity contribution >= 4 is 40.0 Å². The first-order chi connectivity index (χ1) is 18.3. The van der Waals surface area contributed by atoms with Gasteiger partial charge in [-0.2, -0.15) is 0 Å². The number of aryl methyl sites for hydroxylation is 1. The number of likely N-dealkylation sites (tertiary alicyclic amines) is 1. The Bertz CT molecular complexity index is 1440. The van der Waals surface area contributed by atoms with Crippen LogP contribution in [-0.2, 0) is 7.05 Å². The fourth-order valence-electron chi connectivity index (χ4n) is 6.07. The van der Waals surface area contributed by atoms with Crippen molar-refractivity contribution in [2.24, 2.45) is 12.5 Å². The van der Waals surface area contributed by atoms with Crippen molar-refractivity contribution in [2.75, 3.05) is 36.8 Å². The van der Waals surface area contributed by atoms with Gasteiger partial charge in [-0.1, -0.05) is 11.6 Å². The minimum Gasteiger partial charge on any atom is -0.490 e. The molecule has 38 heavy (non-hydrogen) atoms. The number of fused-ring (bicyclic) bond motifs is 1. The molecular formula is C29H33ClFN5O2. The van der Waals surface area contributed by atoms with E-state index < -0.39 is 0 Å². The maximum Gasteiger partial charge on any atom is 0.259 e. The summed E-state index contributed by atoms with van der Waals surface area (Å²) in [4.78, 5) is 14.9. The summed E-state index contributed by atoms with van der Waals surface area (Å²) >= 11 is 6.31. The molecule has 200 valence electrons. The van der Waals surface area contributed by atoms with Gasteiger partial charge in [-0.05, 0) is 62.4 Å². The van der Waals surface area contributed by atoms with Crippen LogP contribution in [0.25, 0.3) is 10.8 Å². The summed E-state index contributed by atoms with van der Waals surface area (Å²) < 4.78 is 22.4. The van der Waals surface area contributed by atoms with Crippen molar-refractivity contribution in [3.05, 3.63) is 63.3 Å². The topological polar surface area (TPSA) is 82.4 Å². The molecule has 7 nitrogen and oxygen atoms in total. The quantitative estimate of drug-likeness (QED) is 0.325. The molecule has 6 rings (SSSR count). The number of aromatic nitrogens is 1. The van der Waals surface area contributed by atoms with Crippen molar-refractivity contribution < 1.29 is 9.13 Å². The fourth-order valence-corrected chi connectivity index (χ4v) is 6.31. The van der Waals surface area contributed by atoms with E-state index >= 15 is 0 Å². The highest BCUT2D eigenvalue weighted by Crippen LogP contribution is 2.50. The molecule has 3 aromatic rings. The molecule has 1 saturated heterocycles. The summed E-state index contributed by atoms with van der Waals surface area (Å²) in [7, 11) is 1.72. The summed E-state index contributed by atoms with van der Waals surface area (Å²) in [6.07, 6.45) is 8.52. The second kappa shape index (κ2) is 9.89. The standard InChI is InChI=1S/C29H33ClFN5O2/c1-35-9-7-21-26(6-5-22(30)27(21)28(35)37)38-20-13-29(14-20)16-36(17-29)10-8-33-25-12-24(34-19-3-2-4-19)18(15-32)11-23(25)31/h5-7,9,11-12,15,19-20,32-34H,2-4,8,10,13-14,16-17H2,1H3. The van der Waals surface area contributed by atoms with Gasteiger partial charge >= 0.3 is 0 Å². The lowest BCUT2D eigenvalue weighted by molar-refractivity contribution is -0.117. The molecule has 0 amide bonds. The number of nitrogens with one attached hydrogen (secondary N) is 3. The van der Waals surface area contributed by atoms with Crippen LogP contribution in [0.2, 0.25) is 5.02 Å². The molecule has 3 fully saturated rings. The normalized spacial score (nSPS) is 19.0. The second-order valence-corrected chi connectivity index (χ2v) is 11.6. The zero-order valence-corrected chi connectivity index (χ0v) is 22.3. The highest BCUT2D eigenvalue weighted by Gasteiger charge is 2.53. The van der Waals surface area contributed by atoms with Gasteiger partial charge in [0.2, 0.25) is 0 Å². The lowest BCUT2D eigenvalue weighted by Gasteiger charge is -2.58. The second-order valence-electron chi connectivity index (χ2n) is 11.2. The van der Waals surface area contributed by atoms with E-state index in [-0.39, 0.29) is 17.5 Å². The van der Waals surface area contributed by atoms with Crippen LogP contribution in [0.4, 0.5) is 15.8 Å². The molecule has 9 heteroatoms. The Balaban J connectivity index is 0.994. The molecule has 2 aliphatic carbocycles. The average Bonchev–Trinajstić information content (AvgIpc) is 2.82. The SMILES string of the molecule is Cn1ccc2c(OC3CC4(C3)CN(CCNc3cc(NC5CCC5)c(C=N)cc3F)C4)ccc(Cl)c2c1=O. The molecule has 0 radical (unpaired) electrons. The van der Waals surface area contributed by atoms with Gasteiger partial charge in [-0.25, -0.2) is 4.39 Å². The third kappa shape index (κ3) is 4.64. The molecule has 1 spiro atoms. The van der Waals surface area contributed by atoms with Gasteiger partial charge in [-0.3, -0.25) is 4.79 Å². The number of pyridine rings is 1. The van der Waals surface area contributed by atoms with E-state index in [2.05, 4.69) is 15.5 Å². The number of hydrogen-bond donors (Lipinski definition) is 3. The lowest BCUT2D eigenvalue weighted by atomic mass is 9.62. The van der Waals surface area contributed by atoms with Gasteiger partial charge in [0, 0.05) is 73.7 Å². The smallest absolute Gasteiger partial charge is 0.259 e. The van der Waals surface area contributed by atoms with Crippen LogP contribution < -0.4 is 20.9 Å². The highest BCUT2D eigenvalue weighted by atomic mass is 35.5. The Morgan fingerprint density at radius 2 is 2.00 bits per heavy atom. The van der Waals surface area contributed by atoms with Crippen LogP contribution in [0.3, 0.4) is 0 Å². The number of hydrogen-bond acceptors (Lipinski definition) is 6. The number of halogens is 2. The molecule has 0 bridgehead atoms. The molecule has 0 unspecified atom stereocenters. The van der Waals surface area contributed by atoms with Gasteiger partial charge in [0.15, 0.2) is 0 Å². The Morgan fingerprint density at radius 1 is 1.21 bits per heavy atom. The van der Waals surface area contributed by atoms with E-state index in [1.54, 1.807) is 25.4 Å². The van der Waals surface area contributed by atoms with Crippen molar-refractivity contribution in [3.63, 3.8) is 0 Å². The van der Waals surface area contributed by atoms with Crippen LogP contribution in [0.1, 0.15) is 37.7 Å². The van der Waals surface area contributed by atoms with E-state index in [0.717, 1.165) is 56.4 Å². The predicted molar refractivity (Wildman–Crippen MR) is 151 cm³/mol. The maximum atomic E-state index is 14.6. The summed E-state index contributed by atoms with van der Waals surface area (Å²) in [6.45, 7) is 3.53. The van der Waals surface area contributed by atoms with Crippen molar-refractivity contribution in [3.8, 4) is 5.75 Å². The first-order valence-corrected chi connectivity index (χ1v) is 13.7. The Hall–Kier alpha value is -3.10. The first kappa shape index (κ1) is 25.2.